The zero-order valence-electron chi connectivity index (χ0n) is 13.2. The van der Waals surface area contributed by atoms with E-state index in [9.17, 15) is 0 Å². The van der Waals surface area contributed by atoms with Gasteiger partial charge >= 0.3 is 0 Å². The van der Waals surface area contributed by atoms with Crippen molar-refractivity contribution < 1.29 is 0 Å². The molecule has 0 fully saturated rings. The van der Waals surface area contributed by atoms with Crippen LogP contribution in [0.4, 0.5) is 0 Å². The zero-order valence-corrected chi connectivity index (χ0v) is 14.1. The van der Waals surface area contributed by atoms with Crippen molar-refractivity contribution in [2.75, 3.05) is 12.7 Å². The van der Waals surface area contributed by atoms with Crippen LogP contribution in [0, 0.1) is 0 Å². The summed E-state index contributed by atoms with van der Waals surface area (Å²) >= 11 is 0. The van der Waals surface area contributed by atoms with Gasteiger partial charge in [-0.3, -0.25) is 4.99 Å². The van der Waals surface area contributed by atoms with Crippen LogP contribution in [0.2, 0.25) is 0 Å². The lowest BCUT2D eigenvalue weighted by Gasteiger charge is -2.17. The Morgan fingerprint density at radius 3 is 2.13 bits per heavy atom. The topological polar surface area (TPSA) is 30.2 Å². The quantitative estimate of drug-likeness (QED) is 0.507. The first-order chi connectivity index (χ1) is 11.3. The minimum Gasteiger partial charge on any atom is -0.333 e. The molecule has 1 heterocycles. The van der Waals surface area contributed by atoms with E-state index >= 15 is 0 Å². The lowest BCUT2D eigenvalue weighted by atomic mass is 10.4. The van der Waals surface area contributed by atoms with Gasteiger partial charge in [-0.15, -0.1) is 0 Å². The standard InChI is InChI=1S/C19H20N3P/c1-22-14-12-21-19(22)16-20-13-15-23(17-8-4-2-5-9-17)18-10-6-3-7-11-18/h2-12,14,16H,13,15H2,1H3. The van der Waals surface area contributed by atoms with Crippen LogP contribution in [0.5, 0.6) is 0 Å². The maximum atomic E-state index is 4.57. The van der Waals surface area contributed by atoms with Gasteiger partial charge in [0.1, 0.15) is 5.82 Å². The van der Waals surface area contributed by atoms with Gasteiger partial charge < -0.3 is 4.57 Å². The molecule has 4 heteroatoms. The van der Waals surface area contributed by atoms with Gasteiger partial charge in [-0.25, -0.2) is 4.98 Å². The fourth-order valence-corrected chi connectivity index (χ4v) is 4.62. The summed E-state index contributed by atoms with van der Waals surface area (Å²) in [7, 11) is 1.61. The van der Waals surface area contributed by atoms with Crippen LogP contribution >= 0.6 is 7.92 Å². The number of nitrogens with zero attached hydrogens (tertiary/aromatic N) is 3. The average molecular weight is 321 g/mol. The van der Waals surface area contributed by atoms with Crippen LogP contribution in [0.3, 0.4) is 0 Å². The Kier molecular flexibility index (Phi) is 5.33. The predicted octanol–water partition coefficient (Wildman–Crippen LogP) is 2.97. The first kappa shape index (κ1) is 15.6. The van der Waals surface area contributed by atoms with E-state index < -0.39 is 0 Å². The molecule has 0 aliphatic rings. The lowest BCUT2D eigenvalue weighted by molar-refractivity contribution is 0.900. The number of imidazole rings is 1. The second-order valence-electron chi connectivity index (χ2n) is 5.25. The van der Waals surface area contributed by atoms with Crippen molar-refractivity contribution in [3.8, 4) is 0 Å². The van der Waals surface area contributed by atoms with Gasteiger partial charge in [0, 0.05) is 26.0 Å². The van der Waals surface area contributed by atoms with E-state index in [1.165, 1.54) is 10.6 Å². The SMILES string of the molecule is Cn1ccnc1C=NCCP(c1ccccc1)c1ccccc1. The van der Waals surface area contributed by atoms with Crippen LogP contribution < -0.4 is 10.6 Å². The van der Waals surface area contributed by atoms with Crippen LogP contribution in [-0.2, 0) is 7.05 Å². The van der Waals surface area contributed by atoms with Crippen LogP contribution in [-0.4, -0.2) is 28.5 Å². The van der Waals surface area contributed by atoms with E-state index in [0.717, 1.165) is 18.5 Å². The summed E-state index contributed by atoms with van der Waals surface area (Å²) in [6.07, 6.45) is 6.64. The van der Waals surface area contributed by atoms with Gasteiger partial charge in [-0.05, 0) is 24.7 Å². The molecule has 0 atom stereocenters. The molecule has 3 nitrogen and oxygen atoms in total. The van der Waals surface area contributed by atoms with Crippen LogP contribution in [0.1, 0.15) is 5.82 Å². The van der Waals surface area contributed by atoms with Crippen molar-refractivity contribution in [3.63, 3.8) is 0 Å². The highest BCUT2D eigenvalue weighted by Gasteiger charge is 2.12. The number of aromatic nitrogens is 2. The first-order valence-electron chi connectivity index (χ1n) is 7.69. The highest BCUT2D eigenvalue weighted by atomic mass is 31.1. The molecule has 0 unspecified atom stereocenters. The maximum Gasteiger partial charge on any atom is 0.150 e. The van der Waals surface area contributed by atoms with Crippen molar-refractivity contribution in [1.29, 1.82) is 0 Å². The summed E-state index contributed by atoms with van der Waals surface area (Å²) in [5, 5.41) is 2.81. The molecular formula is C19H20N3P. The van der Waals surface area contributed by atoms with Gasteiger partial charge in [-0.2, -0.15) is 0 Å². The molecule has 0 N–H and O–H groups in total. The third-order valence-corrected chi connectivity index (χ3v) is 6.14. The number of hydrogen-bond donors (Lipinski definition) is 0. The molecular weight excluding hydrogens is 301 g/mol. The Hall–Kier alpha value is -2.25. The molecule has 0 radical (unpaired) electrons. The Labute approximate surface area is 138 Å². The zero-order chi connectivity index (χ0) is 15.9. The summed E-state index contributed by atoms with van der Waals surface area (Å²) in [6.45, 7) is 0.808. The van der Waals surface area contributed by atoms with E-state index in [4.69, 9.17) is 0 Å². The molecule has 0 spiro atoms. The maximum absolute atomic E-state index is 4.57. The van der Waals surface area contributed by atoms with Crippen molar-refractivity contribution in [2.24, 2.45) is 12.0 Å². The third-order valence-electron chi connectivity index (χ3n) is 3.65. The molecule has 3 rings (SSSR count). The minimum absolute atomic E-state index is 0.369. The van der Waals surface area contributed by atoms with E-state index in [0.29, 0.717) is 0 Å². The Morgan fingerprint density at radius 2 is 1.61 bits per heavy atom. The molecule has 0 aliphatic heterocycles. The normalized spacial score (nSPS) is 11.4. The molecule has 0 saturated carbocycles. The average Bonchev–Trinajstić information content (AvgIpc) is 3.01. The van der Waals surface area contributed by atoms with Crippen molar-refractivity contribution in [3.05, 3.63) is 78.9 Å². The van der Waals surface area contributed by atoms with E-state index in [-0.39, 0.29) is 7.92 Å². The monoisotopic (exact) mass is 321 g/mol. The highest BCUT2D eigenvalue weighted by molar-refractivity contribution is 7.73. The van der Waals surface area contributed by atoms with Crippen molar-refractivity contribution >= 4 is 24.7 Å². The second kappa shape index (κ2) is 7.85. The fraction of sp³-hybridized carbons (Fsp3) is 0.158. The lowest BCUT2D eigenvalue weighted by Crippen LogP contribution is -2.15. The Balaban J connectivity index is 1.72. The summed E-state index contributed by atoms with van der Waals surface area (Å²) < 4.78 is 1.97. The molecule has 0 bridgehead atoms. The first-order valence-corrected chi connectivity index (χ1v) is 9.22. The van der Waals surface area contributed by atoms with Crippen LogP contribution in [0.25, 0.3) is 0 Å². The van der Waals surface area contributed by atoms with E-state index in [2.05, 4.69) is 70.6 Å². The van der Waals surface area contributed by atoms with Crippen molar-refractivity contribution in [1.82, 2.24) is 9.55 Å². The molecule has 0 amide bonds. The third kappa shape index (κ3) is 4.14. The molecule has 2 aromatic carbocycles. The molecule has 0 aliphatic carbocycles. The number of aliphatic imine (C=N–C) groups is 1. The molecule has 116 valence electrons. The van der Waals surface area contributed by atoms with Gasteiger partial charge in [0.15, 0.2) is 0 Å². The van der Waals surface area contributed by atoms with Gasteiger partial charge in [-0.1, -0.05) is 60.7 Å². The molecule has 1 aromatic heterocycles. The summed E-state index contributed by atoms with van der Waals surface area (Å²) in [4.78, 5) is 8.84. The predicted molar refractivity (Wildman–Crippen MR) is 99.6 cm³/mol. The van der Waals surface area contributed by atoms with E-state index in [1.54, 1.807) is 6.20 Å². The van der Waals surface area contributed by atoms with E-state index in [1.807, 2.05) is 24.0 Å². The number of hydrogen-bond acceptors (Lipinski definition) is 2. The van der Waals surface area contributed by atoms with Gasteiger partial charge in [0.2, 0.25) is 0 Å². The fourth-order valence-electron chi connectivity index (χ4n) is 2.43. The summed E-state index contributed by atoms with van der Waals surface area (Å²) in [6, 6.07) is 21.5. The number of benzene rings is 2. The second-order valence-corrected chi connectivity index (χ2v) is 7.59. The van der Waals surface area contributed by atoms with Gasteiger partial charge in [0.25, 0.3) is 0 Å². The number of aryl methyl sites for hydroxylation is 1. The van der Waals surface area contributed by atoms with Crippen molar-refractivity contribution in [2.45, 2.75) is 0 Å². The Bertz CT molecular complexity index is 711. The number of rotatable bonds is 6. The molecule has 3 aromatic rings. The molecule has 23 heavy (non-hydrogen) atoms. The largest absolute Gasteiger partial charge is 0.333 e. The minimum atomic E-state index is -0.369. The summed E-state index contributed by atoms with van der Waals surface area (Å²) in [5.41, 5.74) is 0. The molecule has 0 saturated heterocycles. The van der Waals surface area contributed by atoms with Gasteiger partial charge in [0.05, 0.1) is 6.21 Å². The Morgan fingerprint density at radius 1 is 1.00 bits per heavy atom. The van der Waals surface area contributed by atoms with Crippen LogP contribution in [0.15, 0.2) is 78.0 Å². The summed E-state index contributed by atoms with van der Waals surface area (Å²) in [5.74, 6) is 0.897. The highest BCUT2D eigenvalue weighted by Crippen LogP contribution is 2.32. The smallest absolute Gasteiger partial charge is 0.150 e.